The van der Waals surface area contributed by atoms with Crippen LogP contribution in [-0.2, 0) is 0 Å². The van der Waals surface area contributed by atoms with Crippen molar-refractivity contribution >= 4 is 32.7 Å². The maximum atomic E-state index is 13.3. The molecule has 2 aromatic heterocycles. The number of nitrogens with zero attached hydrogens (tertiary/aromatic N) is 4. The number of likely N-dealkylation sites (tertiary alicyclic amines) is 1. The summed E-state index contributed by atoms with van der Waals surface area (Å²) < 4.78 is 2.84. The van der Waals surface area contributed by atoms with Crippen molar-refractivity contribution in [2.24, 2.45) is 0 Å². The molecule has 1 N–H and O–H groups in total. The van der Waals surface area contributed by atoms with E-state index < -0.39 is 0 Å². The molecule has 1 fully saturated rings. The standard InChI is InChI=1S/C22H21BrN4O2/c1-14-21(20(29)13-26-8-2-3-18(28)12-26)22-19(9-16(23)11-25-22)27(14)17-6-4-15(10-24)5-7-17/h4-7,9,11,18,28H,2-3,8,12-13H2,1H3. The van der Waals surface area contributed by atoms with E-state index in [0.29, 0.717) is 23.2 Å². The largest absolute Gasteiger partial charge is 0.392 e. The number of pyridine rings is 1. The molecule has 7 heteroatoms. The maximum absolute atomic E-state index is 13.3. The number of carbonyl (C=O) groups is 1. The average molecular weight is 453 g/mol. The summed E-state index contributed by atoms with van der Waals surface area (Å²) >= 11 is 3.48. The van der Waals surface area contributed by atoms with Gasteiger partial charge in [-0.2, -0.15) is 5.26 Å². The molecule has 3 aromatic rings. The Labute approximate surface area is 177 Å². The van der Waals surface area contributed by atoms with Gasteiger partial charge in [0.15, 0.2) is 5.78 Å². The van der Waals surface area contributed by atoms with E-state index in [9.17, 15) is 9.90 Å². The van der Waals surface area contributed by atoms with E-state index >= 15 is 0 Å². The summed E-state index contributed by atoms with van der Waals surface area (Å²) in [6.45, 7) is 3.53. The number of β-amino-alcohol motifs (C(OH)–C–C–N with tert-alkyl or cyclic N) is 1. The van der Waals surface area contributed by atoms with Gasteiger partial charge in [0.05, 0.1) is 40.9 Å². The molecule has 6 nitrogen and oxygen atoms in total. The first kappa shape index (κ1) is 19.8. The summed E-state index contributed by atoms with van der Waals surface area (Å²) in [6.07, 6.45) is 3.02. The van der Waals surface area contributed by atoms with Gasteiger partial charge in [0, 0.05) is 28.6 Å². The molecule has 0 spiro atoms. The lowest BCUT2D eigenvalue weighted by Crippen LogP contribution is -2.41. The molecule has 0 radical (unpaired) electrons. The molecule has 29 heavy (non-hydrogen) atoms. The molecule has 0 bridgehead atoms. The van der Waals surface area contributed by atoms with E-state index in [2.05, 4.69) is 27.0 Å². The van der Waals surface area contributed by atoms with Gasteiger partial charge < -0.3 is 9.67 Å². The Morgan fingerprint density at radius 3 is 2.83 bits per heavy atom. The molecule has 1 atom stereocenters. The minimum absolute atomic E-state index is 0.00353. The molecular weight excluding hydrogens is 432 g/mol. The van der Waals surface area contributed by atoms with Crippen LogP contribution in [0.1, 0.15) is 34.5 Å². The third-order valence-electron chi connectivity index (χ3n) is 5.39. The number of fused-ring (bicyclic) bond motifs is 1. The molecule has 1 unspecified atom stereocenters. The minimum Gasteiger partial charge on any atom is -0.392 e. The van der Waals surface area contributed by atoms with Crippen LogP contribution >= 0.6 is 15.9 Å². The molecule has 1 aliphatic heterocycles. The summed E-state index contributed by atoms with van der Waals surface area (Å²) in [5.41, 5.74) is 4.39. The van der Waals surface area contributed by atoms with Gasteiger partial charge in [-0.05, 0) is 72.6 Å². The van der Waals surface area contributed by atoms with E-state index in [1.165, 1.54) is 0 Å². The Morgan fingerprint density at radius 2 is 2.14 bits per heavy atom. The van der Waals surface area contributed by atoms with Gasteiger partial charge in [0.2, 0.25) is 0 Å². The van der Waals surface area contributed by atoms with Gasteiger partial charge in [0.1, 0.15) is 0 Å². The number of ketones is 1. The second-order valence-corrected chi connectivity index (χ2v) is 8.35. The number of aliphatic hydroxyl groups excluding tert-OH is 1. The number of halogens is 1. The smallest absolute Gasteiger partial charge is 0.180 e. The molecular formula is C22H21BrN4O2. The first-order valence-corrected chi connectivity index (χ1v) is 10.4. The highest BCUT2D eigenvalue weighted by molar-refractivity contribution is 9.10. The second-order valence-electron chi connectivity index (χ2n) is 7.43. The number of nitriles is 1. The summed E-state index contributed by atoms with van der Waals surface area (Å²) in [5, 5.41) is 19.0. The van der Waals surface area contributed by atoms with Crippen molar-refractivity contribution in [1.82, 2.24) is 14.5 Å². The predicted molar refractivity (Wildman–Crippen MR) is 114 cm³/mol. The zero-order chi connectivity index (χ0) is 20.5. The maximum Gasteiger partial charge on any atom is 0.180 e. The number of Topliss-reactive ketones (excluding diaryl/α,β-unsaturated/α-hetero) is 1. The molecule has 0 aliphatic carbocycles. The van der Waals surface area contributed by atoms with E-state index in [1.54, 1.807) is 18.3 Å². The molecule has 1 saturated heterocycles. The van der Waals surface area contributed by atoms with Crippen LogP contribution in [0.25, 0.3) is 16.7 Å². The van der Waals surface area contributed by atoms with Gasteiger partial charge in [-0.15, -0.1) is 0 Å². The van der Waals surface area contributed by atoms with Gasteiger partial charge in [-0.1, -0.05) is 0 Å². The van der Waals surface area contributed by atoms with Crippen molar-refractivity contribution in [2.45, 2.75) is 25.9 Å². The third-order valence-corrected chi connectivity index (χ3v) is 5.82. The van der Waals surface area contributed by atoms with Gasteiger partial charge in [0.25, 0.3) is 0 Å². The Balaban J connectivity index is 1.79. The fraction of sp³-hybridized carbons (Fsp3) is 0.318. The summed E-state index contributed by atoms with van der Waals surface area (Å²) in [6, 6.07) is 11.4. The molecule has 0 amide bonds. The molecule has 1 aromatic carbocycles. The summed E-state index contributed by atoms with van der Waals surface area (Å²) in [7, 11) is 0. The Kier molecular flexibility index (Phi) is 5.50. The monoisotopic (exact) mass is 452 g/mol. The molecule has 148 valence electrons. The first-order chi connectivity index (χ1) is 14.0. The van der Waals surface area contributed by atoms with Gasteiger partial charge in [-0.3, -0.25) is 14.7 Å². The van der Waals surface area contributed by atoms with Crippen molar-refractivity contribution in [3.63, 3.8) is 0 Å². The van der Waals surface area contributed by atoms with Crippen LogP contribution in [0.3, 0.4) is 0 Å². The summed E-state index contributed by atoms with van der Waals surface area (Å²) in [4.78, 5) is 19.8. The highest BCUT2D eigenvalue weighted by Gasteiger charge is 2.26. The van der Waals surface area contributed by atoms with E-state index in [0.717, 1.165) is 40.8 Å². The third kappa shape index (κ3) is 3.84. The van der Waals surface area contributed by atoms with Crippen LogP contribution in [0.15, 0.2) is 41.0 Å². The summed E-state index contributed by atoms with van der Waals surface area (Å²) in [5.74, 6) is 0.00353. The Bertz CT molecular complexity index is 1110. The average Bonchev–Trinajstić information content (AvgIpc) is 2.99. The van der Waals surface area contributed by atoms with Crippen molar-refractivity contribution in [3.8, 4) is 11.8 Å². The fourth-order valence-corrected chi connectivity index (χ4v) is 4.38. The quantitative estimate of drug-likeness (QED) is 0.611. The van der Waals surface area contributed by atoms with Crippen molar-refractivity contribution < 1.29 is 9.90 Å². The lowest BCUT2D eigenvalue weighted by molar-refractivity contribution is 0.0634. The minimum atomic E-state index is -0.369. The van der Waals surface area contributed by atoms with Crippen molar-refractivity contribution in [1.29, 1.82) is 5.26 Å². The molecule has 0 saturated carbocycles. The van der Waals surface area contributed by atoms with Crippen LogP contribution < -0.4 is 0 Å². The van der Waals surface area contributed by atoms with Crippen molar-refractivity contribution in [2.75, 3.05) is 19.6 Å². The highest BCUT2D eigenvalue weighted by Crippen LogP contribution is 2.30. The van der Waals surface area contributed by atoms with Crippen LogP contribution in [0.2, 0.25) is 0 Å². The number of aromatic nitrogens is 2. The predicted octanol–water partition coefficient (Wildman–Crippen LogP) is 3.61. The zero-order valence-corrected chi connectivity index (χ0v) is 17.7. The fourth-order valence-electron chi connectivity index (χ4n) is 4.06. The number of carbonyl (C=O) groups excluding carboxylic acids is 1. The van der Waals surface area contributed by atoms with Crippen molar-refractivity contribution in [3.05, 3.63) is 57.8 Å². The Hall–Kier alpha value is -2.53. The SMILES string of the molecule is Cc1c(C(=O)CN2CCCC(O)C2)c2ncc(Br)cc2n1-c1ccc(C#N)cc1. The zero-order valence-electron chi connectivity index (χ0n) is 16.1. The number of aliphatic hydroxyl groups is 1. The number of piperidine rings is 1. The number of hydrogen-bond acceptors (Lipinski definition) is 5. The number of rotatable bonds is 4. The van der Waals surface area contributed by atoms with E-state index in [4.69, 9.17) is 5.26 Å². The van der Waals surface area contributed by atoms with Gasteiger partial charge in [-0.25, -0.2) is 0 Å². The normalized spacial score (nSPS) is 17.4. The second kappa shape index (κ2) is 8.07. The lowest BCUT2D eigenvalue weighted by atomic mass is 10.1. The van der Waals surface area contributed by atoms with Crippen LogP contribution in [-0.4, -0.2) is 51.1 Å². The molecule has 3 heterocycles. The van der Waals surface area contributed by atoms with E-state index in [1.807, 2.05) is 34.6 Å². The lowest BCUT2D eigenvalue weighted by Gasteiger charge is -2.29. The van der Waals surface area contributed by atoms with Crippen LogP contribution in [0.5, 0.6) is 0 Å². The molecule has 4 rings (SSSR count). The highest BCUT2D eigenvalue weighted by atomic mass is 79.9. The van der Waals surface area contributed by atoms with Gasteiger partial charge >= 0.3 is 0 Å². The Morgan fingerprint density at radius 1 is 1.38 bits per heavy atom. The first-order valence-electron chi connectivity index (χ1n) is 9.58. The molecule has 1 aliphatic rings. The topological polar surface area (TPSA) is 82.2 Å². The number of hydrogen-bond donors (Lipinski definition) is 1. The van der Waals surface area contributed by atoms with E-state index in [-0.39, 0.29) is 18.4 Å². The van der Waals surface area contributed by atoms with Crippen LogP contribution in [0.4, 0.5) is 0 Å². The number of benzene rings is 1. The van der Waals surface area contributed by atoms with Crippen LogP contribution in [0, 0.1) is 18.3 Å².